The van der Waals surface area contributed by atoms with Crippen molar-refractivity contribution in [3.05, 3.63) is 91.7 Å². The molecule has 0 atom stereocenters. The van der Waals surface area contributed by atoms with Crippen molar-refractivity contribution >= 4 is 27.3 Å². The number of carbonyl (C=O) groups excluding carboxylic acids is 1. The molecule has 0 bridgehead atoms. The number of benzene rings is 2. The summed E-state index contributed by atoms with van der Waals surface area (Å²) in [5.74, 6) is -0.645. The lowest BCUT2D eigenvalue weighted by Crippen LogP contribution is -2.43. The highest BCUT2D eigenvalue weighted by molar-refractivity contribution is 7.90. The van der Waals surface area contributed by atoms with Crippen molar-refractivity contribution in [1.82, 2.24) is 14.5 Å². The molecule has 1 N–H and O–H groups in total. The minimum absolute atomic E-state index is 0.0770. The fraction of sp³-hybridized carbons (Fsp3) is 0.261. The lowest BCUT2D eigenvalue weighted by atomic mass is 10.2. The maximum absolute atomic E-state index is 13.1. The van der Waals surface area contributed by atoms with Gasteiger partial charge in [-0.1, -0.05) is 43.1 Å². The molecule has 1 aromatic heterocycles. The first-order chi connectivity index (χ1) is 15.6. The van der Waals surface area contributed by atoms with Gasteiger partial charge in [0, 0.05) is 30.6 Å². The number of unbranched alkanes of at least 4 members (excludes halogenated alkanes) is 1. The Bertz CT molecular complexity index is 1390. The Kier molecular flexibility index (Phi) is 7.55. The molecule has 0 radical (unpaired) electrons. The van der Waals surface area contributed by atoms with Crippen LogP contribution in [0, 0.1) is 0 Å². The van der Waals surface area contributed by atoms with E-state index < -0.39 is 27.0 Å². The first-order valence-corrected chi connectivity index (χ1v) is 12.6. The van der Waals surface area contributed by atoms with Crippen LogP contribution in [0.25, 0.3) is 5.69 Å². The molecule has 0 saturated carbocycles. The van der Waals surface area contributed by atoms with E-state index in [0.717, 1.165) is 17.2 Å². The van der Waals surface area contributed by atoms with E-state index in [9.17, 15) is 22.8 Å². The summed E-state index contributed by atoms with van der Waals surface area (Å²) < 4.78 is 25.5. The average Bonchev–Trinajstić information content (AvgIpc) is 2.77. The van der Waals surface area contributed by atoms with Crippen molar-refractivity contribution in [2.24, 2.45) is 0 Å². The predicted octanol–water partition coefficient (Wildman–Crippen LogP) is 2.79. The highest BCUT2D eigenvalue weighted by Gasteiger charge is 2.19. The van der Waals surface area contributed by atoms with E-state index in [1.807, 2.05) is 6.92 Å². The Balaban J connectivity index is 1.95. The molecule has 0 aliphatic heterocycles. The molecular formula is C23H24ClN3O5S. The Labute approximate surface area is 196 Å². The number of rotatable bonds is 8. The van der Waals surface area contributed by atoms with Crippen molar-refractivity contribution in [3.8, 4) is 5.69 Å². The van der Waals surface area contributed by atoms with Crippen LogP contribution >= 0.6 is 11.6 Å². The summed E-state index contributed by atoms with van der Waals surface area (Å²) in [6, 6.07) is 12.4. The van der Waals surface area contributed by atoms with Crippen LogP contribution in [0.15, 0.2) is 69.2 Å². The highest BCUT2D eigenvalue weighted by Crippen LogP contribution is 2.13. The van der Waals surface area contributed by atoms with Gasteiger partial charge in [0.05, 0.1) is 10.6 Å². The Morgan fingerprint density at radius 1 is 1.09 bits per heavy atom. The van der Waals surface area contributed by atoms with E-state index in [-0.39, 0.29) is 22.7 Å². The molecule has 1 amide bonds. The number of nitrogens with zero attached hydrogens (tertiary/aromatic N) is 2. The third kappa shape index (κ3) is 5.80. The predicted molar refractivity (Wildman–Crippen MR) is 127 cm³/mol. The number of hydrogen-bond acceptors (Lipinski definition) is 5. The van der Waals surface area contributed by atoms with Crippen LogP contribution in [0.4, 0.5) is 0 Å². The Hall–Kier alpha value is -3.17. The van der Waals surface area contributed by atoms with E-state index in [2.05, 4.69) is 5.32 Å². The molecule has 174 valence electrons. The number of sulfone groups is 1. The third-order valence-corrected chi connectivity index (χ3v) is 6.39. The van der Waals surface area contributed by atoms with E-state index in [1.165, 1.54) is 29.0 Å². The lowest BCUT2D eigenvalue weighted by molar-refractivity contribution is 0.0948. The summed E-state index contributed by atoms with van der Waals surface area (Å²) in [6.45, 7) is 2.40. The van der Waals surface area contributed by atoms with Crippen LogP contribution in [0.3, 0.4) is 0 Å². The van der Waals surface area contributed by atoms with Gasteiger partial charge in [-0.15, -0.1) is 0 Å². The van der Waals surface area contributed by atoms with E-state index in [1.54, 1.807) is 30.3 Å². The van der Waals surface area contributed by atoms with Crippen molar-refractivity contribution in [3.63, 3.8) is 0 Å². The van der Waals surface area contributed by atoms with Gasteiger partial charge < -0.3 is 5.32 Å². The lowest BCUT2D eigenvalue weighted by Gasteiger charge is -2.13. The standard InChI is InChI=1S/C23H24ClN3O5S/c1-3-4-12-26-15-20(22(29)27(23(26)30)18-7-5-6-17(24)13-18)21(28)25-14-16-8-10-19(11-9-16)33(2,31)32/h5-11,13,15H,3-4,12,14H2,1-2H3,(H,25,28). The van der Waals surface area contributed by atoms with Crippen LogP contribution in [0.2, 0.25) is 5.02 Å². The van der Waals surface area contributed by atoms with Gasteiger partial charge in [-0.3, -0.25) is 14.2 Å². The van der Waals surface area contributed by atoms with E-state index in [4.69, 9.17) is 11.6 Å². The molecule has 3 aromatic rings. The number of aryl methyl sites for hydroxylation is 1. The SMILES string of the molecule is CCCCn1cc(C(=O)NCc2ccc(S(C)(=O)=O)cc2)c(=O)n(-c2cccc(Cl)c2)c1=O. The molecule has 0 aliphatic rings. The highest BCUT2D eigenvalue weighted by atomic mass is 35.5. The normalized spacial score (nSPS) is 11.4. The molecule has 0 aliphatic carbocycles. The van der Waals surface area contributed by atoms with Crippen LogP contribution in [-0.2, 0) is 22.9 Å². The van der Waals surface area contributed by atoms with Crippen molar-refractivity contribution in [2.75, 3.05) is 6.26 Å². The maximum Gasteiger partial charge on any atom is 0.335 e. The second-order valence-corrected chi connectivity index (χ2v) is 10.0. The van der Waals surface area contributed by atoms with Crippen LogP contribution < -0.4 is 16.6 Å². The Morgan fingerprint density at radius 2 is 1.79 bits per heavy atom. The minimum atomic E-state index is -3.32. The van der Waals surface area contributed by atoms with Gasteiger partial charge in [0.1, 0.15) is 5.56 Å². The molecule has 1 heterocycles. The van der Waals surface area contributed by atoms with Gasteiger partial charge >= 0.3 is 5.69 Å². The number of amides is 1. The topological polar surface area (TPSA) is 107 Å². The summed E-state index contributed by atoms with van der Waals surface area (Å²) in [6.07, 6.45) is 3.92. The van der Waals surface area contributed by atoms with Gasteiger partial charge in [0.2, 0.25) is 0 Å². The molecule has 0 unspecified atom stereocenters. The van der Waals surface area contributed by atoms with Crippen LogP contribution in [0.1, 0.15) is 35.7 Å². The first kappa shape index (κ1) is 24.5. The summed E-state index contributed by atoms with van der Waals surface area (Å²) in [4.78, 5) is 39.2. The zero-order chi connectivity index (χ0) is 24.2. The largest absolute Gasteiger partial charge is 0.348 e. The zero-order valence-corrected chi connectivity index (χ0v) is 19.8. The molecule has 0 spiro atoms. The molecule has 0 fully saturated rings. The molecule has 3 rings (SSSR count). The van der Waals surface area contributed by atoms with Gasteiger partial charge in [-0.05, 0) is 42.3 Å². The first-order valence-electron chi connectivity index (χ1n) is 10.3. The zero-order valence-electron chi connectivity index (χ0n) is 18.2. The van der Waals surface area contributed by atoms with Gasteiger partial charge in [0.25, 0.3) is 11.5 Å². The number of halogens is 1. The summed E-state index contributed by atoms with van der Waals surface area (Å²) in [5.41, 5.74) is -0.555. The van der Waals surface area contributed by atoms with Gasteiger partial charge in [0.15, 0.2) is 9.84 Å². The third-order valence-electron chi connectivity index (χ3n) is 5.02. The van der Waals surface area contributed by atoms with Crippen molar-refractivity contribution < 1.29 is 13.2 Å². The monoisotopic (exact) mass is 489 g/mol. The van der Waals surface area contributed by atoms with Crippen molar-refractivity contribution in [1.29, 1.82) is 0 Å². The van der Waals surface area contributed by atoms with Crippen LogP contribution in [-0.4, -0.2) is 29.7 Å². The number of nitrogens with one attached hydrogen (secondary N) is 1. The summed E-state index contributed by atoms with van der Waals surface area (Å²) >= 11 is 6.04. The fourth-order valence-corrected chi connectivity index (χ4v) is 4.04. The molecule has 33 heavy (non-hydrogen) atoms. The van der Waals surface area contributed by atoms with Gasteiger partial charge in [-0.2, -0.15) is 0 Å². The number of aromatic nitrogens is 2. The van der Waals surface area contributed by atoms with Crippen molar-refractivity contribution in [2.45, 2.75) is 37.8 Å². The maximum atomic E-state index is 13.1. The van der Waals surface area contributed by atoms with E-state index >= 15 is 0 Å². The second kappa shape index (κ2) is 10.2. The summed E-state index contributed by atoms with van der Waals surface area (Å²) in [7, 11) is -3.32. The quantitative estimate of drug-likeness (QED) is 0.523. The number of hydrogen-bond donors (Lipinski definition) is 1. The van der Waals surface area contributed by atoms with Crippen LogP contribution in [0.5, 0.6) is 0 Å². The smallest absolute Gasteiger partial charge is 0.335 e. The second-order valence-electron chi connectivity index (χ2n) is 7.59. The molecule has 2 aromatic carbocycles. The Morgan fingerprint density at radius 3 is 2.39 bits per heavy atom. The minimum Gasteiger partial charge on any atom is -0.348 e. The molecular weight excluding hydrogens is 466 g/mol. The molecule has 10 heteroatoms. The van der Waals surface area contributed by atoms with Gasteiger partial charge in [-0.25, -0.2) is 17.8 Å². The summed E-state index contributed by atoms with van der Waals surface area (Å²) in [5, 5.41) is 3.02. The fourth-order valence-electron chi connectivity index (χ4n) is 3.22. The molecule has 0 saturated heterocycles. The average molecular weight is 490 g/mol. The molecule has 8 nitrogen and oxygen atoms in total. The number of carbonyl (C=O) groups is 1. The van der Waals surface area contributed by atoms with E-state index in [0.29, 0.717) is 23.6 Å².